The molecule has 0 radical (unpaired) electrons. The maximum Gasteiger partial charge on any atom is 0.153 e. The second-order valence-corrected chi connectivity index (χ2v) is 5.90. The fraction of sp³-hybridized carbons (Fsp3) is 0.222. The smallest absolute Gasteiger partial charge is 0.153 e. The van der Waals surface area contributed by atoms with Crippen molar-refractivity contribution >= 4 is 27.8 Å². The molecule has 0 spiro atoms. The number of hydrogen-bond acceptors (Lipinski definition) is 5. The first-order valence-electron chi connectivity index (χ1n) is 8.17. The molecule has 7 heteroatoms. The third-order valence-electron chi connectivity index (χ3n) is 4.26. The summed E-state index contributed by atoms with van der Waals surface area (Å²) in [6, 6.07) is 12.3. The highest BCUT2D eigenvalue weighted by atomic mass is 16.5. The number of H-pyrrole nitrogens is 1. The number of ether oxygens (including phenoxy) is 1. The molecule has 0 fully saturated rings. The normalized spacial score (nSPS) is 11.6. The minimum Gasteiger partial charge on any atom is -0.383 e. The van der Waals surface area contributed by atoms with Gasteiger partial charge in [-0.3, -0.25) is 9.67 Å². The molecule has 3 heterocycles. The predicted molar refractivity (Wildman–Crippen MR) is 98.7 cm³/mol. The van der Waals surface area contributed by atoms with Crippen LogP contribution in [0.3, 0.4) is 0 Å². The third kappa shape index (κ3) is 2.84. The lowest BCUT2D eigenvalue weighted by Crippen LogP contribution is -2.20. The Balaban J connectivity index is 1.81. The second-order valence-electron chi connectivity index (χ2n) is 5.90. The summed E-state index contributed by atoms with van der Waals surface area (Å²) < 4.78 is 7.25. The summed E-state index contributed by atoms with van der Waals surface area (Å²) in [4.78, 5) is 4.57. The average molecular weight is 336 g/mol. The molecular weight excluding hydrogens is 316 g/mol. The highest BCUT2D eigenvalue weighted by Crippen LogP contribution is 2.26. The number of aromatic amines is 1. The molecular formula is C18H20N6O. The standard InChI is InChI=1S/C18H20N6O/c1-25-8-7-20-11-14-9-12-3-2-6-21-18(12)24(14)13-4-5-16-15(10-13)17(19)23-22-16/h2-6,9-10,20H,7-8,11H2,1H3,(H3,19,22,23). The molecule has 25 heavy (non-hydrogen) atoms. The number of anilines is 1. The molecule has 0 aliphatic rings. The van der Waals surface area contributed by atoms with E-state index in [1.165, 1.54) is 0 Å². The lowest BCUT2D eigenvalue weighted by Gasteiger charge is -2.11. The summed E-state index contributed by atoms with van der Waals surface area (Å²) in [5.41, 5.74) is 9.96. The Hall–Kier alpha value is -2.90. The van der Waals surface area contributed by atoms with Gasteiger partial charge in [0.15, 0.2) is 5.82 Å². The van der Waals surface area contributed by atoms with Gasteiger partial charge in [0.1, 0.15) is 5.65 Å². The SMILES string of the molecule is COCCNCc1cc2cccnc2n1-c1ccc2[nH]nc(N)c2c1. The van der Waals surface area contributed by atoms with Crippen LogP contribution in [-0.2, 0) is 11.3 Å². The van der Waals surface area contributed by atoms with E-state index >= 15 is 0 Å². The first kappa shape index (κ1) is 15.6. The van der Waals surface area contributed by atoms with E-state index in [0.717, 1.165) is 46.4 Å². The molecule has 1 aromatic carbocycles. The Kier molecular flexibility index (Phi) is 4.09. The molecule has 0 atom stereocenters. The number of hydrogen-bond donors (Lipinski definition) is 3. The first-order chi connectivity index (χ1) is 12.3. The van der Waals surface area contributed by atoms with E-state index in [-0.39, 0.29) is 0 Å². The van der Waals surface area contributed by atoms with E-state index in [9.17, 15) is 0 Å². The summed E-state index contributed by atoms with van der Waals surface area (Å²) in [6.45, 7) is 2.19. The Bertz CT molecular complexity index is 1020. The van der Waals surface area contributed by atoms with Gasteiger partial charge in [0.25, 0.3) is 0 Å². The summed E-state index contributed by atoms with van der Waals surface area (Å²) in [5.74, 6) is 0.501. The molecule has 0 saturated carbocycles. The van der Waals surface area contributed by atoms with Crippen LogP contribution in [-0.4, -0.2) is 40.0 Å². The molecule has 0 amide bonds. The van der Waals surface area contributed by atoms with Crippen LogP contribution in [0.4, 0.5) is 5.82 Å². The number of nitrogen functional groups attached to an aromatic ring is 1. The maximum absolute atomic E-state index is 5.97. The summed E-state index contributed by atoms with van der Waals surface area (Å²) >= 11 is 0. The van der Waals surface area contributed by atoms with Crippen molar-refractivity contribution in [1.82, 2.24) is 25.1 Å². The molecule has 128 valence electrons. The summed E-state index contributed by atoms with van der Waals surface area (Å²) in [5, 5.41) is 12.4. The average Bonchev–Trinajstić information content (AvgIpc) is 3.19. The molecule has 0 bridgehead atoms. The molecule has 0 aliphatic carbocycles. The number of pyridine rings is 1. The van der Waals surface area contributed by atoms with Gasteiger partial charge >= 0.3 is 0 Å². The maximum atomic E-state index is 5.97. The van der Waals surface area contributed by atoms with Gasteiger partial charge in [0.05, 0.1) is 12.1 Å². The van der Waals surface area contributed by atoms with E-state index in [0.29, 0.717) is 12.4 Å². The largest absolute Gasteiger partial charge is 0.383 e. The molecule has 0 saturated heterocycles. The Morgan fingerprint density at radius 2 is 2.20 bits per heavy atom. The Morgan fingerprint density at radius 3 is 3.08 bits per heavy atom. The van der Waals surface area contributed by atoms with Gasteiger partial charge in [0, 0.05) is 48.5 Å². The minimum atomic E-state index is 0.501. The van der Waals surface area contributed by atoms with Crippen molar-refractivity contribution in [2.24, 2.45) is 0 Å². The van der Waals surface area contributed by atoms with Crippen LogP contribution in [0.5, 0.6) is 0 Å². The van der Waals surface area contributed by atoms with Gasteiger partial charge in [-0.25, -0.2) is 4.98 Å². The van der Waals surface area contributed by atoms with E-state index in [1.807, 2.05) is 30.5 Å². The molecule has 3 aromatic heterocycles. The quantitative estimate of drug-likeness (QED) is 0.469. The molecule has 4 aromatic rings. The van der Waals surface area contributed by atoms with Crippen molar-refractivity contribution in [1.29, 1.82) is 0 Å². The number of nitrogens with two attached hydrogens (primary N) is 1. The van der Waals surface area contributed by atoms with Crippen LogP contribution in [0.2, 0.25) is 0 Å². The van der Waals surface area contributed by atoms with E-state index in [2.05, 4.69) is 37.2 Å². The van der Waals surface area contributed by atoms with Gasteiger partial charge in [-0.2, -0.15) is 5.10 Å². The number of methoxy groups -OCH3 is 1. The number of rotatable bonds is 6. The summed E-state index contributed by atoms with van der Waals surface area (Å²) in [7, 11) is 1.70. The lowest BCUT2D eigenvalue weighted by molar-refractivity contribution is 0.199. The number of nitrogens with one attached hydrogen (secondary N) is 2. The van der Waals surface area contributed by atoms with Crippen LogP contribution >= 0.6 is 0 Å². The van der Waals surface area contributed by atoms with E-state index in [1.54, 1.807) is 7.11 Å². The lowest BCUT2D eigenvalue weighted by atomic mass is 10.2. The monoisotopic (exact) mass is 336 g/mol. The van der Waals surface area contributed by atoms with Gasteiger partial charge in [-0.1, -0.05) is 0 Å². The third-order valence-corrected chi connectivity index (χ3v) is 4.26. The number of nitrogens with zero attached hydrogens (tertiary/aromatic N) is 3. The van der Waals surface area contributed by atoms with Crippen LogP contribution in [0, 0.1) is 0 Å². The molecule has 4 N–H and O–H groups in total. The zero-order chi connectivity index (χ0) is 17.2. The van der Waals surface area contributed by atoms with Gasteiger partial charge in [0.2, 0.25) is 0 Å². The van der Waals surface area contributed by atoms with Gasteiger partial charge in [-0.15, -0.1) is 0 Å². The highest BCUT2D eigenvalue weighted by molar-refractivity contribution is 5.91. The van der Waals surface area contributed by atoms with Crippen molar-refractivity contribution in [3.05, 3.63) is 48.3 Å². The van der Waals surface area contributed by atoms with Gasteiger partial charge in [-0.05, 0) is 36.4 Å². The van der Waals surface area contributed by atoms with Crippen LogP contribution in [0.15, 0.2) is 42.6 Å². The fourth-order valence-corrected chi connectivity index (χ4v) is 3.06. The summed E-state index contributed by atoms with van der Waals surface area (Å²) in [6.07, 6.45) is 1.81. The van der Waals surface area contributed by atoms with Crippen molar-refractivity contribution in [2.75, 3.05) is 26.0 Å². The number of aromatic nitrogens is 4. The Labute approximate surface area is 144 Å². The van der Waals surface area contributed by atoms with E-state index < -0.39 is 0 Å². The topological polar surface area (TPSA) is 93.8 Å². The van der Waals surface area contributed by atoms with Crippen LogP contribution in [0.25, 0.3) is 27.6 Å². The minimum absolute atomic E-state index is 0.501. The van der Waals surface area contributed by atoms with Crippen LogP contribution < -0.4 is 11.1 Å². The zero-order valence-corrected chi connectivity index (χ0v) is 14.0. The highest BCUT2D eigenvalue weighted by Gasteiger charge is 2.13. The predicted octanol–water partition coefficient (Wildman–Crippen LogP) is 2.22. The van der Waals surface area contributed by atoms with Gasteiger partial charge < -0.3 is 15.8 Å². The Morgan fingerprint density at radius 1 is 1.28 bits per heavy atom. The number of fused-ring (bicyclic) bond motifs is 2. The van der Waals surface area contributed by atoms with Crippen molar-refractivity contribution in [3.8, 4) is 5.69 Å². The molecule has 0 unspecified atom stereocenters. The first-order valence-corrected chi connectivity index (χ1v) is 8.17. The fourth-order valence-electron chi connectivity index (χ4n) is 3.06. The molecule has 0 aliphatic heterocycles. The van der Waals surface area contributed by atoms with Crippen molar-refractivity contribution in [3.63, 3.8) is 0 Å². The number of benzene rings is 1. The molecule has 4 rings (SSSR count). The van der Waals surface area contributed by atoms with Crippen LogP contribution in [0.1, 0.15) is 5.69 Å². The van der Waals surface area contributed by atoms with Crippen molar-refractivity contribution < 1.29 is 4.74 Å². The van der Waals surface area contributed by atoms with E-state index in [4.69, 9.17) is 10.5 Å². The zero-order valence-electron chi connectivity index (χ0n) is 14.0. The van der Waals surface area contributed by atoms with Crippen molar-refractivity contribution in [2.45, 2.75) is 6.54 Å². The second kappa shape index (κ2) is 6.54. The molecule has 7 nitrogen and oxygen atoms in total.